The van der Waals surface area contributed by atoms with Crippen molar-refractivity contribution in [3.8, 4) is 0 Å². The minimum absolute atomic E-state index is 0. The highest BCUT2D eigenvalue weighted by Gasteiger charge is 2.22. The Bertz CT molecular complexity index is 798. The van der Waals surface area contributed by atoms with Gasteiger partial charge in [0.1, 0.15) is 18.2 Å². The number of hydrogen-bond acceptors (Lipinski definition) is 5. The monoisotopic (exact) mass is 518 g/mol. The van der Waals surface area contributed by atoms with E-state index in [0.29, 0.717) is 24.9 Å². The molecule has 0 bridgehead atoms. The molecular weight excluding hydrogens is 490 g/mol. The fourth-order valence-electron chi connectivity index (χ4n) is 3.26. The Kier molecular flexibility index (Phi) is 9.24. The third-order valence-electron chi connectivity index (χ3n) is 4.72. The molecule has 29 heavy (non-hydrogen) atoms. The summed E-state index contributed by atoms with van der Waals surface area (Å²) in [5.74, 6) is 2.13. The summed E-state index contributed by atoms with van der Waals surface area (Å²) in [5, 5.41) is 11.2. The number of nitrogens with zero attached hydrogens (tertiary/aromatic N) is 4. The Balaban J connectivity index is 0.00000300. The fraction of sp³-hybridized carbons (Fsp3) is 0.526. The first-order chi connectivity index (χ1) is 13.6. The van der Waals surface area contributed by atoms with Crippen LogP contribution < -0.4 is 10.6 Å². The zero-order chi connectivity index (χ0) is 19.9. The molecule has 2 unspecified atom stereocenters. The number of aryl methyl sites for hydroxylation is 1. The van der Waals surface area contributed by atoms with Crippen LogP contribution in [0, 0.1) is 5.82 Å². The average Bonchev–Trinajstić information content (AvgIpc) is 3.10. The number of benzene rings is 1. The number of fused-ring (bicyclic) bond motifs is 1. The number of halogens is 2. The lowest BCUT2D eigenvalue weighted by Crippen LogP contribution is -2.48. The van der Waals surface area contributed by atoms with Crippen LogP contribution in [-0.2, 0) is 29.0 Å². The molecule has 8 nitrogen and oxygen atoms in total. The van der Waals surface area contributed by atoms with Crippen LogP contribution in [0.15, 0.2) is 29.3 Å². The van der Waals surface area contributed by atoms with E-state index in [1.165, 1.54) is 12.1 Å². The second-order valence-electron chi connectivity index (χ2n) is 6.67. The predicted molar refractivity (Wildman–Crippen MR) is 119 cm³/mol. The third-order valence-corrected chi connectivity index (χ3v) is 4.72. The van der Waals surface area contributed by atoms with Gasteiger partial charge in [0.15, 0.2) is 11.8 Å². The minimum atomic E-state index is -0.262. The summed E-state index contributed by atoms with van der Waals surface area (Å²) < 4.78 is 25.7. The van der Waals surface area contributed by atoms with Gasteiger partial charge in [-0.1, -0.05) is 12.1 Å². The van der Waals surface area contributed by atoms with E-state index in [4.69, 9.17) is 9.47 Å². The highest BCUT2D eigenvalue weighted by atomic mass is 127. The molecule has 0 saturated carbocycles. The van der Waals surface area contributed by atoms with E-state index in [1.54, 1.807) is 33.4 Å². The molecule has 0 saturated heterocycles. The van der Waals surface area contributed by atoms with E-state index in [2.05, 4.69) is 25.7 Å². The predicted octanol–water partition coefficient (Wildman–Crippen LogP) is 2.05. The van der Waals surface area contributed by atoms with Crippen LogP contribution >= 0.6 is 24.0 Å². The van der Waals surface area contributed by atoms with E-state index in [9.17, 15) is 4.39 Å². The summed E-state index contributed by atoms with van der Waals surface area (Å²) in [4.78, 5) is 8.79. The molecule has 2 aromatic rings. The zero-order valence-corrected chi connectivity index (χ0v) is 19.2. The second kappa shape index (κ2) is 11.4. The Hall–Kier alpha value is -1.79. The maximum Gasteiger partial charge on any atom is 0.191 e. The van der Waals surface area contributed by atoms with Crippen LogP contribution in [-0.4, -0.2) is 54.6 Å². The van der Waals surface area contributed by atoms with Crippen molar-refractivity contribution in [2.45, 2.75) is 38.1 Å². The molecular formula is C19H28FIN6O2. The molecule has 2 atom stereocenters. The molecule has 1 aromatic heterocycles. The zero-order valence-electron chi connectivity index (χ0n) is 16.9. The molecule has 0 fully saturated rings. The summed E-state index contributed by atoms with van der Waals surface area (Å²) in [6.07, 6.45) is 1.59. The van der Waals surface area contributed by atoms with Gasteiger partial charge in [-0.3, -0.25) is 4.99 Å². The maximum absolute atomic E-state index is 13.1. The molecule has 0 amide bonds. The van der Waals surface area contributed by atoms with Crippen molar-refractivity contribution in [2.24, 2.45) is 4.99 Å². The van der Waals surface area contributed by atoms with Gasteiger partial charge in [0.25, 0.3) is 0 Å². The average molecular weight is 518 g/mol. The lowest BCUT2D eigenvalue weighted by Gasteiger charge is -2.26. The molecule has 3 rings (SSSR count). The highest BCUT2D eigenvalue weighted by Crippen LogP contribution is 2.16. The van der Waals surface area contributed by atoms with Crippen LogP contribution in [0.5, 0.6) is 0 Å². The molecule has 160 valence electrons. The Labute approximate surface area is 187 Å². The van der Waals surface area contributed by atoms with Crippen molar-refractivity contribution < 1.29 is 13.9 Å². The number of nitrogens with one attached hydrogen (secondary N) is 2. The number of guanidine groups is 1. The van der Waals surface area contributed by atoms with E-state index in [1.807, 2.05) is 4.68 Å². The number of aliphatic imine (C=N–C) groups is 1. The second-order valence-corrected chi connectivity index (χ2v) is 6.67. The van der Waals surface area contributed by atoms with Gasteiger partial charge in [-0.2, -0.15) is 5.10 Å². The van der Waals surface area contributed by atoms with E-state index >= 15 is 0 Å². The van der Waals surface area contributed by atoms with Crippen molar-refractivity contribution in [3.63, 3.8) is 0 Å². The summed E-state index contributed by atoms with van der Waals surface area (Å²) in [6.45, 7) is 1.66. The molecule has 0 spiro atoms. The van der Waals surface area contributed by atoms with Crippen molar-refractivity contribution in [1.82, 2.24) is 25.4 Å². The molecule has 0 radical (unpaired) electrons. The molecule has 2 heterocycles. The first-order valence-electron chi connectivity index (χ1n) is 9.30. The summed E-state index contributed by atoms with van der Waals surface area (Å²) in [6, 6.07) is 6.52. The maximum atomic E-state index is 13.1. The van der Waals surface area contributed by atoms with Gasteiger partial charge < -0.3 is 20.1 Å². The third kappa shape index (κ3) is 6.34. The molecule has 1 aliphatic rings. The normalized spacial score (nSPS) is 17.2. The number of rotatable bonds is 7. The molecule has 1 aliphatic heterocycles. The Morgan fingerprint density at radius 1 is 1.34 bits per heavy atom. The van der Waals surface area contributed by atoms with Crippen LogP contribution in [0.1, 0.15) is 29.7 Å². The van der Waals surface area contributed by atoms with E-state index in [0.717, 1.165) is 30.8 Å². The van der Waals surface area contributed by atoms with E-state index < -0.39 is 0 Å². The van der Waals surface area contributed by atoms with E-state index in [-0.39, 0.29) is 41.9 Å². The van der Waals surface area contributed by atoms with Gasteiger partial charge >= 0.3 is 0 Å². The Morgan fingerprint density at radius 3 is 2.76 bits per heavy atom. The summed E-state index contributed by atoms with van der Waals surface area (Å²) in [7, 11) is 5.01. The fourth-order valence-corrected chi connectivity index (χ4v) is 3.26. The quantitative estimate of drug-likeness (QED) is 0.332. The Morgan fingerprint density at radius 2 is 2.10 bits per heavy atom. The molecule has 0 aliphatic carbocycles. The van der Waals surface area contributed by atoms with Crippen molar-refractivity contribution >= 4 is 29.9 Å². The van der Waals surface area contributed by atoms with Crippen LogP contribution in [0.3, 0.4) is 0 Å². The number of methoxy groups -OCH3 is 2. The number of ether oxygens (including phenoxy) is 2. The largest absolute Gasteiger partial charge is 0.377 e. The topological polar surface area (TPSA) is 85.6 Å². The van der Waals surface area contributed by atoms with Crippen molar-refractivity contribution in [1.29, 1.82) is 0 Å². The van der Waals surface area contributed by atoms with Gasteiger partial charge in [0.05, 0.1) is 12.6 Å². The van der Waals surface area contributed by atoms with Gasteiger partial charge in [-0.15, -0.1) is 24.0 Å². The SMILES string of the molecule is CN=C(NCC(OC)c1ccc(F)cc1)NC1CCc2nc(COC)nn2C1.I. The van der Waals surface area contributed by atoms with Gasteiger partial charge in [-0.05, 0) is 24.1 Å². The lowest BCUT2D eigenvalue weighted by molar-refractivity contribution is 0.106. The number of aromatic nitrogens is 3. The van der Waals surface area contributed by atoms with Crippen LogP contribution in [0.4, 0.5) is 4.39 Å². The molecule has 2 N–H and O–H groups in total. The molecule has 10 heteroatoms. The van der Waals surface area contributed by atoms with Gasteiger partial charge in [-0.25, -0.2) is 14.1 Å². The highest BCUT2D eigenvalue weighted by molar-refractivity contribution is 14.0. The first kappa shape index (κ1) is 23.5. The van der Waals surface area contributed by atoms with Gasteiger partial charge in [0, 0.05) is 40.3 Å². The summed E-state index contributed by atoms with van der Waals surface area (Å²) in [5.41, 5.74) is 0.905. The van der Waals surface area contributed by atoms with Gasteiger partial charge in [0.2, 0.25) is 0 Å². The van der Waals surface area contributed by atoms with Crippen LogP contribution in [0.2, 0.25) is 0 Å². The molecule has 1 aromatic carbocycles. The smallest absolute Gasteiger partial charge is 0.191 e. The van der Waals surface area contributed by atoms with Crippen LogP contribution in [0.25, 0.3) is 0 Å². The van der Waals surface area contributed by atoms with Crippen molar-refractivity contribution in [3.05, 3.63) is 47.3 Å². The number of hydrogen-bond donors (Lipinski definition) is 2. The lowest BCUT2D eigenvalue weighted by atomic mass is 10.1. The first-order valence-corrected chi connectivity index (χ1v) is 9.30. The van der Waals surface area contributed by atoms with Crippen molar-refractivity contribution in [2.75, 3.05) is 27.8 Å². The minimum Gasteiger partial charge on any atom is -0.377 e. The summed E-state index contributed by atoms with van der Waals surface area (Å²) >= 11 is 0. The standard InChI is InChI=1S/C19H27FN6O2.HI/c1-21-19(22-10-16(28-3)13-4-6-14(20)7-5-13)23-15-8-9-18-24-17(12-27-2)25-26(18)11-15;/h4-7,15-16H,8-12H2,1-3H3,(H2,21,22,23);1H.